The number of aliphatic hydroxyl groups is 1. The zero-order valence-electron chi connectivity index (χ0n) is 9.76. The minimum Gasteiger partial charge on any atom is -0.389 e. The van der Waals surface area contributed by atoms with Crippen molar-refractivity contribution in [3.63, 3.8) is 0 Å². The number of hydrogen-bond acceptors (Lipinski definition) is 3. The van der Waals surface area contributed by atoms with Gasteiger partial charge in [-0.3, -0.25) is 0 Å². The highest BCUT2D eigenvalue weighted by molar-refractivity contribution is 5.54. The van der Waals surface area contributed by atoms with E-state index in [2.05, 4.69) is 10.1 Å². The van der Waals surface area contributed by atoms with E-state index in [-0.39, 0.29) is 5.82 Å². The molecule has 0 aliphatic rings. The molecule has 90 valence electrons. The van der Waals surface area contributed by atoms with E-state index in [9.17, 15) is 9.50 Å². The molecule has 0 aliphatic heterocycles. The zero-order valence-corrected chi connectivity index (χ0v) is 9.76. The van der Waals surface area contributed by atoms with Crippen LogP contribution in [0.2, 0.25) is 0 Å². The molecule has 0 amide bonds. The van der Waals surface area contributed by atoms with E-state index in [1.54, 1.807) is 30.7 Å². The number of nitrogens with zero attached hydrogens (tertiary/aromatic N) is 3. The lowest BCUT2D eigenvalue weighted by atomic mass is 10.1. The summed E-state index contributed by atoms with van der Waals surface area (Å²) >= 11 is 0. The van der Waals surface area contributed by atoms with Crippen LogP contribution in [0.3, 0.4) is 0 Å². The SMILES string of the molecule is CC(C)(O)Cn1ncnc1-c1ccc(F)cc1. The van der Waals surface area contributed by atoms with Gasteiger partial charge in [-0.15, -0.1) is 0 Å². The smallest absolute Gasteiger partial charge is 0.158 e. The molecule has 2 rings (SSSR count). The molecule has 17 heavy (non-hydrogen) atoms. The maximum absolute atomic E-state index is 12.8. The number of benzene rings is 1. The highest BCUT2D eigenvalue weighted by atomic mass is 19.1. The van der Waals surface area contributed by atoms with E-state index in [4.69, 9.17) is 0 Å². The monoisotopic (exact) mass is 235 g/mol. The molecule has 0 aliphatic carbocycles. The van der Waals surface area contributed by atoms with Gasteiger partial charge in [0.1, 0.15) is 12.1 Å². The van der Waals surface area contributed by atoms with Crippen molar-refractivity contribution in [3.8, 4) is 11.4 Å². The number of halogens is 1. The Balaban J connectivity index is 2.33. The Morgan fingerprint density at radius 2 is 1.94 bits per heavy atom. The fourth-order valence-electron chi connectivity index (χ4n) is 1.57. The lowest BCUT2D eigenvalue weighted by molar-refractivity contribution is 0.0582. The summed E-state index contributed by atoms with van der Waals surface area (Å²) in [6.07, 6.45) is 1.42. The largest absolute Gasteiger partial charge is 0.389 e. The quantitative estimate of drug-likeness (QED) is 0.883. The average molecular weight is 235 g/mol. The second-order valence-corrected chi connectivity index (χ2v) is 4.56. The van der Waals surface area contributed by atoms with Gasteiger partial charge in [0, 0.05) is 5.56 Å². The molecule has 0 saturated heterocycles. The summed E-state index contributed by atoms with van der Waals surface area (Å²) < 4.78 is 14.4. The summed E-state index contributed by atoms with van der Waals surface area (Å²) in [5.74, 6) is 0.328. The molecule has 1 heterocycles. The summed E-state index contributed by atoms with van der Waals surface area (Å²) in [5.41, 5.74) is -0.101. The lowest BCUT2D eigenvalue weighted by Gasteiger charge is -2.17. The molecule has 1 N–H and O–H groups in total. The van der Waals surface area contributed by atoms with Crippen LogP contribution in [-0.2, 0) is 6.54 Å². The van der Waals surface area contributed by atoms with Gasteiger partial charge in [-0.25, -0.2) is 14.1 Å². The molecule has 5 heteroatoms. The van der Waals surface area contributed by atoms with Gasteiger partial charge >= 0.3 is 0 Å². The van der Waals surface area contributed by atoms with Crippen LogP contribution in [0, 0.1) is 5.82 Å². The van der Waals surface area contributed by atoms with Crippen LogP contribution >= 0.6 is 0 Å². The minimum atomic E-state index is -0.873. The van der Waals surface area contributed by atoms with Crippen LogP contribution in [0.4, 0.5) is 4.39 Å². The summed E-state index contributed by atoms with van der Waals surface area (Å²) in [5, 5.41) is 13.8. The third-order valence-electron chi connectivity index (χ3n) is 2.25. The van der Waals surface area contributed by atoms with E-state index in [0.717, 1.165) is 5.56 Å². The first kappa shape index (κ1) is 11.7. The molecule has 1 aromatic heterocycles. The lowest BCUT2D eigenvalue weighted by Crippen LogP contribution is -2.27. The summed E-state index contributed by atoms with van der Waals surface area (Å²) in [4.78, 5) is 4.12. The van der Waals surface area contributed by atoms with Crippen molar-refractivity contribution in [2.45, 2.75) is 26.0 Å². The maximum atomic E-state index is 12.8. The predicted octanol–water partition coefficient (Wildman–Crippen LogP) is 1.86. The third-order valence-corrected chi connectivity index (χ3v) is 2.25. The normalized spacial score (nSPS) is 11.8. The predicted molar refractivity (Wildman–Crippen MR) is 61.7 cm³/mol. The fraction of sp³-hybridized carbons (Fsp3) is 0.333. The Labute approximate surface area is 98.7 Å². The first-order valence-corrected chi connectivity index (χ1v) is 5.32. The molecular weight excluding hydrogens is 221 g/mol. The van der Waals surface area contributed by atoms with Crippen LogP contribution in [0.1, 0.15) is 13.8 Å². The molecule has 0 radical (unpaired) electrons. The van der Waals surface area contributed by atoms with E-state index < -0.39 is 5.60 Å². The Morgan fingerprint density at radius 3 is 2.53 bits per heavy atom. The van der Waals surface area contributed by atoms with Crippen LogP contribution in [-0.4, -0.2) is 25.5 Å². The molecule has 0 bridgehead atoms. The Bertz CT molecular complexity index is 499. The van der Waals surface area contributed by atoms with Crippen LogP contribution < -0.4 is 0 Å². The highest BCUT2D eigenvalue weighted by Crippen LogP contribution is 2.18. The van der Waals surface area contributed by atoms with Crippen molar-refractivity contribution >= 4 is 0 Å². The summed E-state index contributed by atoms with van der Waals surface area (Å²) in [7, 11) is 0. The minimum absolute atomic E-state index is 0.290. The van der Waals surface area contributed by atoms with Gasteiger partial charge in [-0.1, -0.05) is 0 Å². The van der Waals surface area contributed by atoms with Crippen molar-refractivity contribution in [3.05, 3.63) is 36.4 Å². The van der Waals surface area contributed by atoms with Gasteiger partial charge in [0.25, 0.3) is 0 Å². The van der Waals surface area contributed by atoms with Gasteiger partial charge < -0.3 is 5.11 Å². The van der Waals surface area contributed by atoms with Gasteiger partial charge in [0.15, 0.2) is 5.82 Å². The van der Waals surface area contributed by atoms with Gasteiger partial charge in [0.2, 0.25) is 0 Å². The summed E-state index contributed by atoms with van der Waals surface area (Å²) in [6, 6.07) is 6.03. The third kappa shape index (κ3) is 2.88. The first-order chi connectivity index (χ1) is 7.96. The molecule has 1 aromatic carbocycles. The van der Waals surface area contributed by atoms with Crippen LogP contribution in [0.25, 0.3) is 11.4 Å². The fourth-order valence-corrected chi connectivity index (χ4v) is 1.57. The van der Waals surface area contributed by atoms with Crippen LogP contribution in [0.15, 0.2) is 30.6 Å². The highest BCUT2D eigenvalue weighted by Gasteiger charge is 2.17. The Kier molecular flexibility index (Phi) is 2.93. The molecule has 0 fully saturated rings. The molecular formula is C12H14FN3O. The van der Waals surface area contributed by atoms with E-state index >= 15 is 0 Å². The van der Waals surface area contributed by atoms with Gasteiger partial charge in [-0.05, 0) is 38.1 Å². The van der Waals surface area contributed by atoms with Gasteiger partial charge in [0.05, 0.1) is 12.1 Å². The van der Waals surface area contributed by atoms with E-state index in [1.807, 2.05) is 0 Å². The van der Waals surface area contributed by atoms with Crippen molar-refractivity contribution in [2.75, 3.05) is 0 Å². The molecule has 0 saturated carbocycles. The molecule has 2 aromatic rings. The first-order valence-electron chi connectivity index (χ1n) is 5.32. The van der Waals surface area contributed by atoms with Crippen molar-refractivity contribution in [1.82, 2.24) is 14.8 Å². The molecule has 4 nitrogen and oxygen atoms in total. The van der Waals surface area contributed by atoms with Crippen molar-refractivity contribution < 1.29 is 9.50 Å². The van der Waals surface area contributed by atoms with E-state index in [1.165, 1.54) is 18.5 Å². The summed E-state index contributed by atoms with van der Waals surface area (Å²) in [6.45, 7) is 3.73. The second kappa shape index (κ2) is 4.25. The maximum Gasteiger partial charge on any atom is 0.158 e. The van der Waals surface area contributed by atoms with Crippen molar-refractivity contribution in [2.24, 2.45) is 0 Å². The topological polar surface area (TPSA) is 50.9 Å². The van der Waals surface area contributed by atoms with Crippen molar-refractivity contribution in [1.29, 1.82) is 0 Å². The van der Waals surface area contributed by atoms with Crippen LogP contribution in [0.5, 0.6) is 0 Å². The number of aromatic nitrogens is 3. The van der Waals surface area contributed by atoms with E-state index in [0.29, 0.717) is 12.4 Å². The average Bonchev–Trinajstić information content (AvgIpc) is 2.64. The number of hydrogen-bond donors (Lipinski definition) is 1. The molecule has 0 spiro atoms. The molecule has 0 unspecified atom stereocenters. The Hall–Kier alpha value is -1.75. The van der Waals surface area contributed by atoms with Gasteiger partial charge in [-0.2, -0.15) is 5.10 Å². The standard InChI is InChI=1S/C12H14FN3O/c1-12(2,17)7-16-11(14-8-15-16)9-3-5-10(13)6-4-9/h3-6,8,17H,7H2,1-2H3. The molecule has 0 atom stereocenters. The second-order valence-electron chi connectivity index (χ2n) is 4.56. The number of rotatable bonds is 3. The zero-order chi connectivity index (χ0) is 12.5. The Morgan fingerprint density at radius 1 is 1.29 bits per heavy atom.